The molecule has 0 aliphatic carbocycles. The largest absolute Gasteiger partial charge is 0.755 e. The molecule has 1 aromatic heterocycles. The van der Waals surface area contributed by atoms with Gasteiger partial charge in [0, 0.05) is 58.3 Å². The number of anilines is 1. The fourth-order valence-corrected chi connectivity index (χ4v) is 5.08. The number of rotatable bonds is 4. The van der Waals surface area contributed by atoms with Gasteiger partial charge in [-0.1, -0.05) is 35.9 Å². The van der Waals surface area contributed by atoms with Crippen molar-refractivity contribution in [2.45, 2.75) is 12.8 Å². The van der Waals surface area contributed by atoms with E-state index in [-0.39, 0.29) is 0 Å². The molecule has 0 bridgehead atoms. The molecule has 0 radical (unpaired) electrons. The van der Waals surface area contributed by atoms with Crippen LogP contribution in [0.1, 0.15) is 11.3 Å². The van der Waals surface area contributed by atoms with Crippen molar-refractivity contribution >= 4 is 39.5 Å². The van der Waals surface area contributed by atoms with Crippen LogP contribution in [-0.2, 0) is 24.1 Å². The number of nitrogens with one attached hydrogen (secondary N) is 1. The fourth-order valence-electron chi connectivity index (χ4n) is 4.58. The van der Waals surface area contributed by atoms with Gasteiger partial charge in [-0.3, -0.25) is 4.21 Å². The standard InChI is InChI=1S/C25H24ClN3O2S/c1-28-13-11-22-23-16-19(26)7-10-24(23)29(25(22)12-14-28)21-4-2-3-18(15-21)17-5-8-20(9-6-17)27-32(30)31/h2-10,15-16,27H,11-14H2,1H3,(H,30,31)/p-1. The van der Waals surface area contributed by atoms with Crippen LogP contribution in [-0.4, -0.2) is 38.4 Å². The zero-order valence-electron chi connectivity index (χ0n) is 17.7. The molecule has 3 aromatic carbocycles. The number of hydrogen-bond acceptors (Lipinski definition) is 3. The molecule has 1 atom stereocenters. The lowest BCUT2D eigenvalue weighted by atomic mass is 10.0. The van der Waals surface area contributed by atoms with E-state index in [9.17, 15) is 8.76 Å². The van der Waals surface area contributed by atoms with Crippen LogP contribution in [0, 0.1) is 0 Å². The van der Waals surface area contributed by atoms with Gasteiger partial charge in [-0.2, -0.15) is 0 Å². The Labute approximate surface area is 195 Å². The van der Waals surface area contributed by atoms with Crippen molar-refractivity contribution in [2.75, 3.05) is 24.9 Å². The van der Waals surface area contributed by atoms with E-state index >= 15 is 0 Å². The maximum Gasteiger partial charge on any atom is 0.0535 e. The number of hydrogen-bond donors (Lipinski definition) is 1. The van der Waals surface area contributed by atoms with Gasteiger partial charge in [-0.15, -0.1) is 0 Å². The number of nitrogens with zero attached hydrogens (tertiary/aromatic N) is 2. The zero-order chi connectivity index (χ0) is 22.2. The molecule has 0 fully saturated rings. The summed E-state index contributed by atoms with van der Waals surface area (Å²) in [7, 11) is 2.17. The van der Waals surface area contributed by atoms with Gasteiger partial charge in [-0.05, 0) is 72.6 Å². The predicted octanol–water partition coefficient (Wildman–Crippen LogP) is 5.19. The highest BCUT2D eigenvalue weighted by molar-refractivity contribution is 7.80. The van der Waals surface area contributed by atoms with Crippen molar-refractivity contribution in [3.63, 3.8) is 0 Å². The topological polar surface area (TPSA) is 60.3 Å². The molecule has 0 saturated carbocycles. The van der Waals surface area contributed by atoms with Gasteiger partial charge in [-0.25, -0.2) is 0 Å². The molecule has 0 saturated heterocycles. The predicted molar refractivity (Wildman–Crippen MR) is 131 cm³/mol. The quantitative estimate of drug-likeness (QED) is 0.423. The van der Waals surface area contributed by atoms with Crippen molar-refractivity contribution in [3.8, 4) is 16.8 Å². The Kier molecular flexibility index (Phi) is 5.78. The first-order valence-corrected chi connectivity index (χ1v) is 12.0. The fraction of sp³-hybridized carbons (Fsp3) is 0.200. The van der Waals surface area contributed by atoms with E-state index in [1.165, 1.54) is 22.2 Å². The third-order valence-electron chi connectivity index (χ3n) is 6.14. The smallest absolute Gasteiger partial charge is 0.0535 e. The Bertz CT molecular complexity index is 1320. The van der Waals surface area contributed by atoms with Gasteiger partial charge >= 0.3 is 0 Å². The van der Waals surface area contributed by atoms with Crippen molar-refractivity contribution in [2.24, 2.45) is 0 Å². The minimum absolute atomic E-state index is 0.543. The van der Waals surface area contributed by atoms with E-state index in [4.69, 9.17) is 11.6 Å². The van der Waals surface area contributed by atoms with Crippen LogP contribution in [0.25, 0.3) is 27.7 Å². The van der Waals surface area contributed by atoms with Gasteiger partial charge < -0.3 is 18.7 Å². The van der Waals surface area contributed by atoms with E-state index < -0.39 is 11.3 Å². The minimum Gasteiger partial charge on any atom is -0.755 e. The highest BCUT2D eigenvalue weighted by atomic mass is 35.5. The maximum atomic E-state index is 10.9. The third kappa shape index (κ3) is 4.07. The summed E-state index contributed by atoms with van der Waals surface area (Å²) in [5, 5.41) is 1.99. The highest BCUT2D eigenvalue weighted by Gasteiger charge is 2.21. The van der Waals surface area contributed by atoms with Gasteiger partial charge in [0.05, 0.1) is 5.52 Å². The molecule has 1 aliphatic rings. The van der Waals surface area contributed by atoms with Crippen molar-refractivity contribution in [1.82, 2.24) is 9.47 Å². The van der Waals surface area contributed by atoms with Crippen LogP contribution in [0.5, 0.6) is 0 Å². The van der Waals surface area contributed by atoms with Crippen LogP contribution >= 0.6 is 11.6 Å². The van der Waals surface area contributed by atoms with Gasteiger partial charge in [0.15, 0.2) is 0 Å². The lowest BCUT2D eigenvalue weighted by molar-refractivity contribution is 0.351. The second kappa shape index (κ2) is 8.71. The Hall–Kier alpha value is -2.64. The minimum atomic E-state index is -2.33. The van der Waals surface area contributed by atoms with Gasteiger partial charge in [0.2, 0.25) is 0 Å². The second-order valence-electron chi connectivity index (χ2n) is 8.19. The summed E-state index contributed by atoms with van der Waals surface area (Å²) in [6.07, 6.45) is 1.99. The zero-order valence-corrected chi connectivity index (χ0v) is 19.2. The maximum absolute atomic E-state index is 10.9. The Morgan fingerprint density at radius 2 is 1.75 bits per heavy atom. The van der Waals surface area contributed by atoms with Crippen LogP contribution in [0.3, 0.4) is 0 Å². The molecule has 2 heterocycles. The van der Waals surface area contributed by atoms with E-state index in [1.54, 1.807) is 12.1 Å². The van der Waals surface area contributed by atoms with E-state index in [0.29, 0.717) is 5.69 Å². The van der Waals surface area contributed by atoms with Crippen molar-refractivity contribution in [3.05, 3.63) is 83.0 Å². The summed E-state index contributed by atoms with van der Waals surface area (Å²) in [5.41, 5.74) is 7.68. The van der Waals surface area contributed by atoms with E-state index in [0.717, 1.165) is 47.8 Å². The first-order valence-electron chi connectivity index (χ1n) is 10.6. The van der Waals surface area contributed by atoms with Crippen molar-refractivity contribution in [1.29, 1.82) is 0 Å². The Balaban J connectivity index is 1.61. The molecule has 1 aliphatic heterocycles. The number of likely N-dealkylation sites (N-methyl/N-ethyl adjacent to an activating group) is 1. The monoisotopic (exact) mass is 464 g/mol. The summed E-state index contributed by atoms with van der Waals surface area (Å²) in [5.74, 6) is 0. The summed E-state index contributed by atoms with van der Waals surface area (Å²) in [4.78, 5) is 2.38. The molecule has 0 amide bonds. The number of fused-ring (bicyclic) bond motifs is 3. The average molecular weight is 465 g/mol. The summed E-state index contributed by atoms with van der Waals surface area (Å²) in [6, 6.07) is 22.0. The van der Waals surface area contributed by atoms with E-state index in [1.807, 2.05) is 18.2 Å². The average Bonchev–Trinajstić information content (AvgIpc) is 2.95. The van der Waals surface area contributed by atoms with Crippen LogP contribution in [0.2, 0.25) is 5.02 Å². The lowest BCUT2D eigenvalue weighted by Gasteiger charge is -2.15. The normalized spacial score (nSPS) is 15.3. The first-order chi connectivity index (χ1) is 15.5. The molecule has 4 aromatic rings. The Morgan fingerprint density at radius 3 is 2.53 bits per heavy atom. The molecular formula is C25H23ClN3O2S-. The highest BCUT2D eigenvalue weighted by Crippen LogP contribution is 2.35. The molecule has 1 unspecified atom stereocenters. The molecular weight excluding hydrogens is 442 g/mol. The summed E-state index contributed by atoms with van der Waals surface area (Å²) >= 11 is 4.04. The summed E-state index contributed by atoms with van der Waals surface area (Å²) < 4.78 is 26.5. The molecule has 1 N–H and O–H groups in total. The molecule has 164 valence electrons. The molecule has 7 heteroatoms. The first kappa shape index (κ1) is 21.2. The van der Waals surface area contributed by atoms with Crippen LogP contribution < -0.4 is 4.72 Å². The lowest BCUT2D eigenvalue weighted by Crippen LogP contribution is -2.21. The van der Waals surface area contributed by atoms with E-state index in [2.05, 4.69) is 57.6 Å². The number of benzene rings is 3. The molecule has 5 nitrogen and oxygen atoms in total. The van der Waals surface area contributed by atoms with Gasteiger partial charge in [0.1, 0.15) is 0 Å². The molecule has 32 heavy (non-hydrogen) atoms. The Morgan fingerprint density at radius 1 is 0.969 bits per heavy atom. The van der Waals surface area contributed by atoms with Crippen LogP contribution in [0.4, 0.5) is 5.69 Å². The summed E-state index contributed by atoms with van der Waals surface area (Å²) in [6.45, 7) is 2.06. The number of aromatic nitrogens is 1. The van der Waals surface area contributed by atoms with Gasteiger partial charge in [0.25, 0.3) is 0 Å². The van der Waals surface area contributed by atoms with Crippen LogP contribution in [0.15, 0.2) is 66.7 Å². The third-order valence-corrected chi connectivity index (χ3v) is 6.78. The number of halogens is 1. The molecule has 5 rings (SSSR count). The SMILES string of the molecule is CN1CCc2c(n(-c3cccc(-c4ccc(NS(=O)[O-])cc4)c3)c3ccc(Cl)cc23)CC1. The van der Waals surface area contributed by atoms with Crippen molar-refractivity contribution < 1.29 is 8.76 Å². The molecule has 0 spiro atoms. The second-order valence-corrected chi connectivity index (χ2v) is 9.30.